The van der Waals surface area contributed by atoms with E-state index in [-0.39, 0.29) is 30.3 Å². The quantitative estimate of drug-likeness (QED) is 0.653. The second kappa shape index (κ2) is 9.31. The molecular formula is C17H18ClFN2O4. The number of alkyl carbamates (subject to hydrolysis) is 1. The molecule has 0 aliphatic rings. The molecule has 1 aromatic carbocycles. The minimum atomic E-state index is -1.42. The Balaban J connectivity index is 1.75. The van der Waals surface area contributed by atoms with Crippen molar-refractivity contribution in [3.8, 4) is 0 Å². The van der Waals surface area contributed by atoms with Crippen molar-refractivity contribution in [3.05, 3.63) is 64.7 Å². The number of hydrogen-bond acceptors (Lipinski definition) is 5. The first-order chi connectivity index (χ1) is 12.0. The van der Waals surface area contributed by atoms with Gasteiger partial charge < -0.3 is 20.3 Å². The van der Waals surface area contributed by atoms with Crippen molar-refractivity contribution in [2.24, 2.45) is 0 Å². The zero-order valence-electron chi connectivity index (χ0n) is 13.2. The summed E-state index contributed by atoms with van der Waals surface area (Å²) in [4.78, 5) is 15.2. The lowest BCUT2D eigenvalue weighted by molar-refractivity contribution is 0.0133. The average Bonchev–Trinajstić information content (AvgIpc) is 2.62. The van der Waals surface area contributed by atoms with Gasteiger partial charge in [0.15, 0.2) is 0 Å². The number of nitrogens with zero attached hydrogens (tertiary/aromatic N) is 1. The summed E-state index contributed by atoms with van der Waals surface area (Å²) in [5.41, 5.74) is 0.835. The summed E-state index contributed by atoms with van der Waals surface area (Å²) < 4.78 is 18.2. The largest absolute Gasteiger partial charge is 0.445 e. The highest BCUT2D eigenvalue weighted by atomic mass is 35.5. The zero-order chi connectivity index (χ0) is 18.2. The fourth-order valence-electron chi connectivity index (χ4n) is 2.11. The first-order valence-electron chi connectivity index (χ1n) is 7.59. The molecule has 2 aromatic rings. The third-order valence-corrected chi connectivity index (χ3v) is 3.75. The van der Waals surface area contributed by atoms with Crippen LogP contribution in [0.1, 0.15) is 23.7 Å². The van der Waals surface area contributed by atoms with Gasteiger partial charge >= 0.3 is 6.09 Å². The standard InChI is InChI=1S/C17H18ClFN2O4/c18-16-13(8-12(19)9-21-16)15(23)14(22)6-7-20-17(24)25-10-11-4-2-1-3-5-11/h1-5,8-9,14-15,22-23H,6-7,10H2,(H,20,24). The number of halogens is 2. The van der Waals surface area contributed by atoms with Crippen molar-refractivity contribution in [2.45, 2.75) is 25.2 Å². The predicted molar refractivity (Wildman–Crippen MR) is 89.4 cm³/mol. The molecule has 25 heavy (non-hydrogen) atoms. The van der Waals surface area contributed by atoms with E-state index in [9.17, 15) is 19.4 Å². The van der Waals surface area contributed by atoms with Crippen molar-refractivity contribution in [3.63, 3.8) is 0 Å². The molecule has 2 rings (SSSR count). The molecule has 0 saturated heterocycles. The molecule has 0 aliphatic carbocycles. The number of hydrogen-bond donors (Lipinski definition) is 3. The molecule has 0 aliphatic heterocycles. The molecule has 0 fully saturated rings. The molecule has 2 atom stereocenters. The topological polar surface area (TPSA) is 91.7 Å². The van der Waals surface area contributed by atoms with Crippen LogP contribution in [0.15, 0.2) is 42.6 Å². The van der Waals surface area contributed by atoms with Gasteiger partial charge in [-0.05, 0) is 18.1 Å². The fourth-order valence-corrected chi connectivity index (χ4v) is 2.32. The molecule has 0 radical (unpaired) electrons. The van der Waals surface area contributed by atoms with Gasteiger partial charge in [0, 0.05) is 12.1 Å². The van der Waals surface area contributed by atoms with Gasteiger partial charge in [-0.3, -0.25) is 0 Å². The van der Waals surface area contributed by atoms with Crippen LogP contribution in [0.25, 0.3) is 0 Å². The van der Waals surface area contributed by atoms with Crippen LogP contribution in [-0.4, -0.2) is 33.9 Å². The molecule has 0 saturated carbocycles. The van der Waals surface area contributed by atoms with Gasteiger partial charge in [-0.2, -0.15) is 0 Å². The summed E-state index contributed by atoms with van der Waals surface area (Å²) in [6, 6.07) is 10.2. The molecule has 6 nitrogen and oxygen atoms in total. The van der Waals surface area contributed by atoms with Crippen LogP contribution in [0.3, 0.4) is 0 Å². The maximum Gasteiger partial charge on any atom is 0.407 e. The van der Waals surface area contributed by atoms with Crippen molar-refractivity contribution >= 4 is 17.7 Å². The molecule has 1 amide bonds. The number of aliphatic hydroxyl groups excluding tert-OH is 2. The van der Waals surface area contributed by atoms with E-state index in [1.165, 1.54) is 0 Å². The van der Waals surface area contributed by atoms with Gasteiger partial charge in [-0.1, -0.05) is 41.9 Å². The normalized spacial score (nSPS) is 13.1. The lowest BCUT2D eigenvalue weighted by atomic mass is 10.0. The fraction of sp³-hybridized carbons (Fsp3) is 0.294. The number of pyridine rings is 1. The molecular weight excluding hydrogens is 351 g/mol. The third-order valence-electron chi connectivity index (χ3n) is 3.44. The van der Waals surface area contributed by atoms with E-state index in [0.717, 1.165) is 17.8 Å². The molecule has 134 valence electrons. The summed E-state index contributed by atoms with van der Waals surface area (Å²) in [6.45, 7) is 0.189. The van der Waals surface area contributed by atoms with Crippen LogP contribution in [0.4, 0.5) is 9.18 Å². The van der Waals surface area contributed by atoms with E-state index < -0.39 is 24.1 Å². The summed E-state index contributed by atoms with van der Waals surface area (Å²) in [6.07, 6.45) is -2.38. The minimum Gasteiger partial charge on any atom is -0.445 e. The Morgan fingerprint density at radius 3 is 2.76 bits per heavy atom. The Labute approximate surface area is 149 Å². The van der Waals surface area contributed by atoms with Gasteiger partial charge in [0.1, 0.15) is 23.7 Å². The Kier molecular flexibility index (Phi) is 7.12. The summed E-state index contributed by atoms with van der Waals surface area (Å²) in [5.74, 6) is -0.673. The SMILES string of the molecule is O=C(NCCC(O)C(O)c1cc(F)cnc1Cl)OCc1ccccc1. The lowest BCUT2D eigenvalue weighted by Gasteiger charge is -2.19. The number of amides is 1. The second-order valence-corrected chi connectivity index (χ2v) is 5.68. The number of rotatable bonds is 7. The summed E-state index contributed by atoms with van der Waals surface area (Å²) in [5, 5.41) is 22.3. The highest BCUT2D eigenvalue weighted by Gasteiger charge is 2.22. The molecule has 8 heteroatoms. The van der Waals surface area contributed by atoms with Gasteiger partial charge in [0.25, 0.3) is 0 Å². The third kappa shape index (κ3) is 5.97. The van der Waals surface area contributed by atoms with Crippen molar-refractivity contribution in [2.75, 3.05) is 6.54 Å². The highest BCUT2D eigenvalue weighted by molar-refractivity contribution is 6.30. The van der Waals surface area contributed by atoms with Crippen LogP contribution in [0.5, 0.6) is 0 Å². The molecule has 3 N–H and O–H groups in total. The number of aliphatic hydroxyl groups is 2. The number of aromatic nitrogens is 1. The summed E-state index contributed by atoms with van der Waals surface area (Å²) >= 11 is 5.78. The van der Waals surface area contributed by atoms with Crippen LogP contribution in [0.2, 0.25) is 5.15 Å². The predicted octanol–water partition coefficient (Wildman–Crippen LogP) is 2.58. The Morgan fingerprint density at radius 1 is 1.32 bits per heavy atom. The van der Waals surface area contributed by atoms with Gasteiger partial charge in [-0.15, -0.1) is 0 Å². The van der Waals surface area contributed by atoms with E-state index in [1.807, 2.05) is 30.3 Å². The highest BCUT2D eigenvalue weighted by Crippen LogP contribution is 2.25. The van der Waals surface area contributed by atoms with E-state index in [2.05, 4.69) is 10.3 Å². The number of ether oxygens (including phenoxy) is 1. The van der Waals surface area contributed by atoms with E-state index >= 15 is 0 Å². The molecule has 0 spiro atoms. The molecule has 1 aromatic heterocycles. The second-order valence-electron chi connectivity index (χ2n) is 5.32. The smallest absolute Gasteiger partial charge is 0.407 e. The molecule has 2 unspecified atom stereocenters. The van der Waals surface area contributed by atoms with E-state index in [1.54, 1.807) is 0 Å². The monoisotopic (exact) mass is 368 g/mol. The first kappa shape index (κ1) is 19.1. The van der Waals surface area contributed by atoms with Crippen LogP contribution < -0.4 is 5.32 Å². The number of carbonyl (C=O) groups is 1. The maximum absolute atomic E-state index is 13.2. The number of carbonyl (C=O) groups excluding carboxylic acids is 1. The van der Waals surface area contributed by atoms with E-state index in [0.29, 0.717) is 0 Å². The first-order valence-corrected chi connectivity index (χ1v) is 7.97. The Bertz CT molecular complexity index is 702. The average molecular weight is 369 g/mol. The lowest BCUT2D eigenvalue weighted by Crippen LogP contribution is -2.30. The van der Waals surface area contributed by atoms with E-state index in [4.69, 9.17) is 16.3 Å². The Morgan fingerprint density at radius 2 is 2.04 bits per heavy atom. The van der Waals surface area contributed by atoms with Gasteiger partial charge in [-0.25, -0.2) is 14.2 Å². The van der Waals surface area contributed by atoms with Gasteiger partial charge in [0.2, 0.25) is 0 Å². The van der Waals surface area contributed by atoms with Crippen molar-refractivity contribution < 1.29 is 24.1 Å². The van der Waals surface area contributed by atoms with Crippen molar-refractivity contribution in [1.82, 2.24) is 10.3 Å². The van der Waals surface area contributed by atoms with Crippen LogP contribution >= 0.6 is 11.6 Å². The van der Waals surface area contributed by atoms with Crippen LogP contribution in [0, 0.1) is 5.82 Å². The zero-order valence-corrected chi connectivity index (χ0v) is 14.0. The van der Waals surface area contributed by atoms with Gasteiger partial charge in [0.05, 0.1) is 12.3 Å². The van der Waals surface area contributed by atoms with Crippen molar-refractivity contribution in [1.29, 1.82) is 0 Å². The Hall–Kier alpha value is -2.22. The minimum absolute atomic E-state index is 0.0131. The number of benzene rings is 1. The number of nitrogens with one attached hydrogen (secondary N) is 1. The summed E-state index contributed by atoms with van der Waals surface area (Å²) in [7, 11) is 0. The van der Waals surface area contributed by atoms with Crippen LogP contribution in [-0.2, 0) is 11.3 Å². The molecule has 1 heterocycles. The molecule has 0 bridgehead atoms. The maximum atomic E-state index is 13.2.